The maximum Gasteiger partial charge on any atom is 0.316 e. The van der Waals surface area contributed by atoms with Crippen molar-refractivity contribution in [3.63, 3.8) is 0 Å². The zero-order valence-electron chi connectivity index (χ0n) is 12.6. The minimum absolute atomic E-state index is 0.0392. The summed E-state index contributed by atoms with van der Waals surface area (Å²) in [6.07, 6.45) is 1.20. The average Bonchev–Trinajstić information content (AvgIpc) is 2.90. The fourth-order valence-electron chi connectivity index (χ4n) is 3.31. The van der Waals surface area contributed by atoms with Gasteiger partial charge in [0.15, 0.2) is 12.0 Å². The van der Waals surface area contributed by atoms with Gasteiger partial charge in [0.2, 0.25) is 5.78 Å². The number of benzene rings is 1. The molecule has 0 bridgehead atoms. The van der Waals surface area contributed by atoms with Crippen LogP contribution in [0.25, 0.3) is 0 Å². The third-order valence-electron chi connectivity index (χ3n) is 4.55. The summed E-state index contributed by atoms with van der Waals surface area (Å²) >= 11 is 0. The van der Waals surface area contributed by atoms with Crippen molar-refractivity contribution in [2.45, 2.75) is 31.5 Å². The van der Waals surface area contributed by atoms with Gasteiger partial charge in [-0.15, -0.1) is 0 Å². The van der Waals surface area contributed by atoms with Crippen molar-refractivity contribution in [2.24, 2.45) is 0 Å². The number of hydrogen-bond donors (Lipinski definition) is 2. The zero-order chi connectivity index (χ0) is 17.4. The Hall–Kier alpha value is -2.81. The Morgan fingerprint density at radius 2 is 2.17 bits per heavy atom. The SMILES string of the molecule is O=CC(=O)C1CCC(N2Cc3c(ccc(O)c3[N+](=O)[O-])C2=O)CN1. The van der Waals surface area contributed by atoms with Gasteiger partial charge in [0.05, 0.1) is 28.6 Å². The largest absolute Gasteiger partial charge is 0.502 e. The topological polar surface area (TPSA) is 130 Å². The van der Waals surface area contributed by atoms with Gasteiger partial charge in [-0.1, -0.05) is 0 Å². The number of aldehydes is 1. The van der Waals surface area contributed by atoms with Gasteiger partial charge in [-0.3, -0.25) is 24.5 Å². The van der Waals surface area contributed by atoms with E-state index >= 15 is 0 Å². The normalized spacial score (nSPS) is 23.0. The Labute approximate surface area is 136 Å². The Balaban J connectivity index is 1.80. The number of piperidine rings is 1. The number of nitrogens with zero attached hydrogens (tertiary/aromatic N) is 2. The lowest BCUT2D eigenvalue weighted by atomic mass is 9.97. The summed E-state index contributed by atoms with van der Waals surface area (Å²) < 4.78 is 0. The van der Waals surface area contributed by atoms with Crippen molar-refractivity contribution >= 4 is 23.7 Å². The molecule has 126 valence electrons. The Morgan fingerprint density at radius 3 is 2.75 bits per heavy atom. The van der Waals surface area contributed by atoms with E-state index in [0.717, 1.165) is 6.07 Å². The number of rotatable bonds is 4. The molecule has 2 unspecified atom stereocenters. The van der Waals surface area contributed by atoms with E-state index in [0.29, 0.717) is 19.4 Å². The van der Waals surface area contributed by atoms with Crippen LogP contribution in [0, 0.1) is 10.1 Å². The van der Waals surface area contributed by atoms with Crippen LogP contribution in [0.4, 0.5) is 5.69 Å². The molecule has 1 fully saturated rings. The maximum absolute atomic E-state index is 12.5. The highest BCUT2D eigenvalue weighted by molar-refractivity contribution is 6.27. The van der Waals surface area contributed by atoms with Gasteiger partial charge in [0, 0.05) is 12.6 Å². The highest BCUT2D eigenvalue weighted by Crippen LogP contribution is 2.38. The minimum atomic E-state index is -0.692. The van der Waals surface area contributed by atoms with Crippen LogP contribution in [-0.4, -0.2) is 51.5 Å². The molecule has 0 spiro atoms. The lowest BCUT2D eigenvalue weighted by Crippen LogP contribution is -2.52. The maximum atomic E-state index is 12.5. The van der Waals surface area contributed by atoms with E-state index in [1.54, 1.807) is 0 Å². The van der Waals surface area contributed by atoms with Crippen molar-refractivity contribution in [2.75, 3.05) is 6.54 Å². The summed E-state index contributed by atoms with van der Waals surface area (Å²) in [4.78, 5) is 46.4. The van der Waals surface area contributed by atoms with Crippen LogP contribution in [0.2, 0.25) is 0 Å². The fourth-order valence-corrected chi connectivity index (χ4v) is 3.31. The number of carbonyl (C=O) groups excluding carboxylic acids is 3. The van der Waals surface area contributed by atoms with Crippen molar-refractivity contribution in [1.82, 2.24) is 10.2 Å². The second kappa shape index (κ2) is 6.00. The number of phenolic OH excluding ortho intramolecular Hbond substituents is 1. The lowest BCUT2D eigenvalue weighted by Gasteiger charge is -2.34. The molecule has 0 radical (unpaired) electrons. The van der Waals surface area contributed by atoms with Crippen LogP contribution in [-0.2, 0) is 16.1 Å². The second-order valence-corrected chi connectivity index (χ2v) is 5.86. The van der Waals surface area contributed by atoms with Crippen LogP contribution in [0.3, 0.4) is 0 Å². The number of nitrogens with one attached hydrogen (secondary N) is 1. The third-order valence-corrected chi connectivity index (χ3v) is 4.55. The molecule has 9 heteroatoms. The van der Waals surface area contributed by atoms with Crippen LogP contribution in [0.15, 0.2) is 12.1 Å². The van der Waals surface area contributed by atoms with Gasteiger partial charge < -0.3 is 15.3 Å². The van der Waals surface area contributed by atoms with Crippen LogP contribution >= 0.6 is 0 Å². The van der Waals surface area contributed by atoms with Gasteiger partial charge in [0.1, 0.15) is 0 Å². The molecule has 0 aliphatic carbocycles. The van der Waals surface area contributed by atoms with Gasteiger partial charge in [0.25, 0.3) is 5.91 Å². The molecule has 2 atom stereocenters. The molecule has 2 heterocycles. The van der Waals surface area contributed by atoms with Crippen LogP contribution < -0.4 is 5.32 Å². The molecular weight excluding hydrogens is 318 g/mol. The third kappa shape index (κ3) is 2.52. The molecule has 2 N–H and O–H groups in total. The lowest BCUT2D eigenvalue weighted by molar-refractivity contribution is -0.386. The van der Waals surface area contributed by atoms with Crippen molar-refractivity contribution in [3.05, 3.63) is 33.4 Å². The highest BCUT2D eigenvalue weighted by atomic mass is 16.6. The van der Waals surface area contributed by atoms with E-state index in [9.17, 15) is 29.6 Å². The predicted octanol–water partition coefficient (Wildman–Crippen LogP) is 0.145. The summed E-state index contributed by atoms with van der Waals surface area (Å²) in [6, 6.07) is 1.75. The van der Waals surface area contributed by atoms with E-state index in [1.165, 1.54) is 11.0 Å². The molecule has 3 rings (SSSR count). The predicted molar refractivity (Wildman–Crippen MR) is 80.5 cm³/mol. The smallest absolute Gasteiger partial charge is 0.316 e. The van der Waals surface area contributed by atoms with E-state index < -0.39 is 28.2 Å². The molecule has 24 heavy (non-hydrogen) atoms. The molecular formula is C15H15N3O6. The van der Waals surface area contributed by atoms with Crippen molar-refractivity contribution in [3.8, 4) is 5.75 Å². The average molecular weight is 333 g/mol. The van der Waals surface area contributed by atoms with Gasteiger partial charge in [-0.05, 0) is 25.0 Å². The molecule has 1 aromatic carbocycles. The fraction of sp³-hybridized carbons (Fsp3) is 0.400. The summed E-state index contributed by atoms with van der Waals surface area (Å²) in [5.74, 6) is -1.32. The van der Waals surface area contributed by atoms with Gasteiger partial charge in [-0.2, -0.15) is 0 Å². The molecule has 9 nitrogen and oxygen atoms in total. The Morgan fingerprint density at radius 1 is 1.42 bits per heavy atom. The van der Waals surface area contributed by atoms with E-state index in [2.05, 4.69) is 5.32 Å². The summed E-state index contributed by atoms with van der Waals surface area (Å²) in [5, 5.41) is 23.8. The number of carbonyl (C=O) groups is 3. The Bertz CT molecular complexity index is 739. The molecule has 1 saturated heterocycles. The molecule has 2 aliphatic heterocycles. The van der Waals surface area contributed by atoms with Gasteiger partial charge >= 0.3 is 5.69 Å². The monoisotopic (exact) mass is 333 g/mol. The highest BCUT2D eigenvalue weighted by Gasteiger charge is 2.40. The first-order valence-electron chi connectivity index (χ1n) is 7.46. The first-order valence-corrected chi connectivity index (χ1v) is 7.46. The summed E-state index contributed by atoms with van der Waals surface area (Å²) in [6.45, 7) is 0.362. The number of fused-ring (bicyclic) bond motifs is 1. The minimum Gasteiger partial charge on any atom is -0.502 e. The van der Waals surface area contributed by atoms with Crippen molar-refractivity contribution in [1.29, 1.82) is 0 Å². The van der Waals surface area contributed by atoms with E-state index in [1.807, 2.05) is 0 Å². The van der Waals surface area contributed by atoms with Crippen molar-refractivity contribution < 1.29 is 24.4 Å². The van der Waals surface area contributed by atoms with E-state index in [4.69, 9.17) is 0 Å². The van der Waals surface area contributed by atoms with Gasteiger partial charge in [-0.25, -0.2) is 0 Å². The standard InChI is InChI=1S/C15H15N3O6/c19-7-13(21)11-3-1-8(5-16-11)17-6-10-9(15(17)22)2-4-12(20)14(10)18(23)24/h2,4,7-8,11,16,20H,1,3,5-6H2. The number of hydrogen-bond acceptors (Lipinski definition) is 7. The number of ketones is 1. The molecule has 2 aliphatic rings. The first kappa shape index (κ1) is 16.1. The number of nitro benzene ring substituents is 1. The van der Waals surface area contributed by atoms with E-state index in [-0.39, 0.29) is 35.9 Å². The number of aromatic hydroxyl groups is 1. The number of phenols is 1. The van der Waals surface area contributed by atoms with Crippen LogP contribution in [0.1, 0.15) is 28.8 Å². The molecule has 1 aromatic rings. The molecule has 1 amide bonds. The van der Waals surface area contributed by atoms with Crippen LogP contribution in [0.5, 0.6) is 5.75 Å². The molecule has 0 saturated carbocycles. The first-order chi connectivity index (χ1) is 11.4. The summed E-state index contributed by atoms with van der Waals surface area (Å²) in [5.41, 5.74) is -0.0252. The Kier molecular flexibility index (Phi) is 4.02. The summed E-state index contributed by atoms with van der Waals surface area (Å²) in [7, 11) is 0. The quantitative estimate of drug-likeness (QED) is 0.347. The number of nitro groups is 1. The second-order valence-electron chi connectivity index (χ2n) is 5.86. The number of Topliss-reactive ketones (excluding diaryl/α,β-unsaturated/α-hetero) is 1. The zero-order valence-corrected chi connectivity index (χ0v) is 12.6. The molecule has 0 aromatic heterocycles. The number of amides is 1.